The zero-order valence-electron chi connectivity index (χ0n) is 13.2. The van der Waals surface area contributed by atoms with Crippen molar-refractivity contribution in [1.29, 1.82) is 0 Å². The quantitative estimate of drug-likeness (QED) is 0.580. The van der Waals surface area contributed by atoms with Gasteiger partial charge in [-0.3, -0.25) is 4.55 Å². The van der Waals surface area contributed by atoms with Gasteiger partial charge in [0.2, 0.25) is 0 Å². The molecule has 0 aliphatic carbocycles. The Morgan fingerprint density at radius 2 is 1.95 bits per heavy atom. The van der Waals surface area contributed by atoms with Gasteiger partial charge in [0, 0.05) is 0 Å². The summed E-state index contributed by atoms with van der Waals surface area (Å²) in [4.78, 5) is 0. The molecule has 3 nitrogen and oxygen atoms in total. The summed E-state index contributed by atoms with van der Waals surface area (Å²) in [5, 5.41) is -0.871. The van der Waals surface area contributed by atoms with E-state index in [1.54, 1.807) is 0 Å². The van der Waals surface area contributed by atoms with Crippen molar-refractivity contribution in [2.75, 3.05) is 0 Å². The van der Waals surface area contributed by atoms with E-state index in [4.69, 9.17) is 4.55 Å². The van der Waals surface area contributed by atoms with Crippen LogP contribution in [0.25, 0.3) is 0 Å². The summed E-state index contributed by atoms with van der Waals surface area (Å²) in [6.07, 6.45) is 4.25. The van der Waals surface area contributed by atoms with Gasteiger partial charge in [-0.25, -0.2) is 0 Å². The number of benzene rings is 1. The van der Waals surface area contributed by atoms with Crippen LogP contribution in [0.15, 0.2) is 36.9 Å². The molecule has 21 heavy (non-hydrogen) atoms. The van der Waals surface area contributed by atoms with Crippen molar-refractivity contribution in [2.24, 2.45) is 0 Å². The first-order valence-corrected chi connectivity index (χ1v) is 8.90. The van der Waals surface area contributed by atoms with Gasteiger partial charge in [-0.2, -0.15) is 8.42 Å². The van der Waals surface area contributed by atoms with Crippen molar-refractivity contribution >= 4 is 10.1 Å². The molecule has 0 heterocycles. The zero-order valence-corrected chi connectivity index (χ0v) is 14.0. The van der Waals surface area contributed by atoms with Crippen LogP contribution >= 0.6 is 0 Å². The van der Waals surface area contributed by atoms with E-state index in [2.05, 4.69) is 39.5 Å². The Labute approximate surface area is 128 Å². The van der Waals surface area contributed by atoms with Gasteiger partial charge in [0.1, 0.15) is 5.25 Å². The molecular weight excluding hydrogens is 284 g/mol. The predicted octanol–water partition coefficient (Wildman–Crippen LogP) is 4.14. The molecule has 118 valence electrons. The maximum absolute atomic E-state index is 11.2. The standard InChI is InChI=1S/C17H26O3S/c1-5-15(21(18,19)20)12-9-11-14-10-7-8-13-16(14)17(3,4)6-2/h5,7-8,10,13,15H,1,6,9,11-12H2,2-4H3,(H,18,19,20). The Hall–Kier alpha value is -1.13. The highest BCUT2D eigenvalue weighted by Crippen LogP contribution is 2.30. The minimum Gasteiger partial charge on any atom is -0.285 e. The lowest BCUT2D eigenvalue weighted by Gasteiger charge is -2.26. The van der Waals surface area contributed by atoms with Crippen molar-refractivity contribution < 1.29 is 13.0 Å². The van der Waals surface area contributed by atoms with E-state index in [-0.39, 0.29) is 5.41 Å². The molecule has 0 saturated carbocycles. The van der Waals surface area contributed by atoms with E-state index in [1.165, 1.54) is 17.2 Å². The van der Waals surface area contributed by atoms with Crippen molar-refractivity contribution in [1.82, 2.24) is 0 Å². The van der Waals surface area contributed by atoms with Crippen LogP contribution in [0.1, 0.15) is 51.2 Å². The van der Waals surface area contributed by atoms with Gasteiger partial charge in [0.25, 0.3) is 10.1 Å². The van der Waals surface area contributed by atoms with Gasteiger partial charge in [-0.05, 0) is 42.2 Å². The molecule has 0 radical (unpaired) electrons. The third kappa shape index (κ3) is 4.97. The highest BCUT2D eigenvalue weighted by molar-refractivity contribution is 7.86. The van der Waals surface area contributed by atoms with Crippen LogP contribution in [-0.2, 0) is 22.0 Å². The van der Waals surface area contributed by atoms with Crippen LogP contribution in [-0.4, -0.2) is 18.2 Å². The molecule has 1 N–H and O–H groups in total. The first-order chi connectivity index (χ1) is 9.72. The monoisotopic (exact) mass is 310 g/mol. The van der Waals surface area contributed by atoms with Crippen molar-refractivity contribution in [3.63, 3.8) is 0 Å². The summed E-state index contributed by atoms with van der Waals surface area (Å²) in [7, 11) is -4.03. The Kier molecular flexibility index (Phi) is 6.17. The van der Waals surface area contributed by atoms with E-state index in [9.17, 15) is 8.42 Å². The molecule has 0 aliphatic rings. The average molecular weight is 310 g/mol. The van der Waals surface area contributed by atoms with Crippen LogP contribution < -0.4 is 0 Å². The van der Waals surface area contributed by atoms with Gasteiger partial charge in [-0.1, -0.05) is 51.1 Å². The molecule has 4 heteroatoms. The largest absolute Gasteiger partial charge is 0.285 e. The number of hydrogen-bond acceptors (Lipinski definition) is 2. The minimum atomic E-state index is -4.03. The zero-order chi connectivity index (χ0) is 16.1. The summed E-state index contributed by atoms with van der Waals surface area (Å²) in [5.41, 5.74) is 2.68. The molecule has 1 rings (SSSR count). The Balaban J connectivity index is 2.79. The lowest BCUT2D eigenvalue weighted by molar-refractivity contribution is 0.469. The third-order valence-electron chi connectivity index (χ3n) is 4.21. The fraction of sp³-hybridized carbons (Fsp3) is 0.529. The minimum absolute atomic E-state index is 0.109. The normalized spacial score (nSPS) is 13.9. The maximum atomic E-state index is 11.2. The van der Waals surface area contributed by atoms with Gasteiger partial charge < -0.3 is 0 Å². The third-order valence-corrected chi connectivity index (χ3v) is 5.40. The lowest BCUT2D eigenvalue weighted by Crippen LogP contribution is -2.19. The van der Waals surface area contributed by atoms with Crippen molar-refractivity contribution in [3.8, 4) is 0 Å². The summed E-state index contributed by atoms with van der Waals surface area (Å²) in [5.74, 6) is 0. The molecule has 0 amide bonds. The van der Waals surface area contributed by atoms with E-state index >= 15 is 0 Å². The predicted molar refractivity (Wildman–Crippen MR) is 88.2 cm³/mol. The van der Waals surface area contributed by atoms with Gasteiger partial charge in [0.15, 0.2) is 0 Å². The molecule has 0 bridgehead atoms. The first-order valence-electron chi connectivity index (χ1n) is 7.39. The Morgan fingerprint density at radius 3 is 2.48 bits per heavy atom. The SMILES string of the molecule is C=CC(CCCc1ccccc1C(C)(C)CC)S(=O)(=O)O. The van der Waals surface area contributed by atoms with E-state index < -0.39 is 15.4 Å². The molecule has 1 aromatic carbocycles. The Bertz CT molecular complexity index is 573. The van der Waals surface area contributed by atoms with Crippen LogP contribution in [0.4, 0.5) is 0 Å². The van der Waals surface area contributed by atoms with Gasteiger partial charge >= 0.3 is 0 Å². The van der Waals surface area contributed by atoms with Gasteiger partial charge in [0.05, 0.1) is 0 Å². The van der Waals surface area contributed by atoms with E-state index in [0.717, 1.165) is 12.8 Å². The molecular formula is C17H26O3S. The Morgan fingerprint density at radius 1 is 1.33 bits per heavy atom. The van der Waals surface area contributed by atoms with Crippen LogP contribution in [0.3, 0.4) is 0 Å². The maximum Gasteiger partial charge on any atom is 0.271 e. The summed E-state index contributed by atoms with van der Waals surface area (Å²) >= 11 is 0. The highest BCUT2D eigenvalue weighted by atomic mass is 32.2. The lowest BCUT2D eigenvalue weighted by atomic mass is 9.79. The first kappa shape index (κ1) is 17.9. The molecule has 0 saturated heterocycles. The molecule has 0 fully saturated rings. The second kappa shape index (κ2) is 7.23. The van der Waals surface area contributed by atoms with E-state index in [0.29, 0.717) is 12.8 Å². The fourth-order valence-corrected chi connectivity index (χ4v) is 3.18. The number of rotatable bonds is 8. The molecule has 1 aromatic rings. The van der Waals surface area contributed by atoms with Crippen molar-refractivity contribution in [2.45, 2.75) is 57.1 Å². The van der Waals surface area contributed by atoms with Gasteiger partial charge in [-0.15, -0.1) is 6.58 Å². The highest BCUT2D eigenvalue weighted by Gasteiger charge is 2.22. The topological polar surface area (TPSA) is 54.4 Å². The summed E-state index contributed by atoms with van der Waals surface area (Å²) in [6, 6.07) is 8.30. The number of hydrogen-bond donors (Lipinski definition) is 1. The molecule has 1 unspecified atom stereocenters. The van der Waals surface area contributed by atoms with Crippen LogP contribution in [0, 0.1) is 0 Å². The fourth-order valence-electron chi connectivity index (χ4n) is 2.47. The number of aryl methyl sites for hydroxylation is 1. The van der Waals surface area contributed by atoms with Crippen LogP contribution in [0.5, 0.6) is 0 Å². The molecule has 1 atom stereocenters. The summed E-state index contributed by atoms with van der Waals surface area (Å²) in [6.45, 7) is 10.1. The van der Waals surface area contributed by atoms with Crippen molar-refractivity contribution in [3.05, 3.63) is 48.0 Å². The second-order valence-corrected chi connectivity index (χ2v) is 7.71. The van der Waals surface area contributed by atoms with E-state index in [1.807, 2.05) is 12.1 Å². The smallest absolute Gasteiger partial charge is 0.271 e. The average Bonchev–Trinajstić information content (AvgIpc) is 2.42. The second-order valence-electron chi connectivity index (χ2n) is 6.08. The van der Waals surface area contributed by atoms with Crippen LogP contribution in [0.2, 0.25) is 0 Å². The molecule has 0 aliphatic heterocycles. The summed E-state index contributed by atoms with van der Waals surface area (Å²) < 4.78 is 31.4. The molecule has 0 aromatic heterocycles. The molecule has 0 spiro atoms.